The molecule has 0 aromatic rings. The minimum Gasteiger partial charge on any atom is -0.479 e. The number of esters is 3. The number of aliphatic hydroxyl groups is 2. The molecule has 0 radical (unpaired) electrons. The van der Waals surface area contributed by atoms with Gasteiger partial charge < -0.3 is 39.0 Å². The Morgan fingerprint density at radius 1 is 0.440 bits per heavy atom. The first kappa shape index (κ1) is 69.7. The van der Waals surface area contributed by atoms with E-state index >= 15 is 0 Å². The van der Waals surface area contributed by atoms with E-state index in [1.54, 1.807) is 0 Å². The minimum atomic E-state index is -1.90. The second kappa shape index (κ2) is 51.4. The van der Waals surface area contributed by atoms with Gasteiger partial charge in [-0.2, -0.15) is 0 Å². The number of carboxylic acid groups (broad SMARTS) is 1. The quantitative estimate of drug-likeness (QED) is 0.0228. The van der Waals surface area contributed by atoms with Crippen molar-refractivity contribution in [2.75, 3.05) is 13.2 Å². The number of rotatable bonds is 52. The van der Waals surface area contributed by atoms with Gasteiger partial charge in [0, 0.05) is 19.3 Å². The average molecular weight is 1060 g/mol. The number of aliphatic carboxylic acids is 1. The minimum absolute atomic E-state index is 0.0613. The number of hydrogen-bond acceptors (Lipinski definition) is 11. The lowest BCUT2D eigenvalue weighted by atomic mass is 9.98. The van der Waals surface area contributed by atoms with Gasteiger partial charge in [0.2, 0.25) is 0 Å². The van der Waals surface area contributed by atoms with E-state index in [0.717, 1.165) is 96.3 Å². The molecule has 1 fully saturated rings. The Morgan fingerprint density at radius 3 is 1.23 bits per heavy atom. The zero-order chi connectivity index (χ0) is 54.7. The van der Waals surface area contributed by atoms with Gasteiger partial charge in [0.1, 0.15) is 18.8 Å². The number of aliphatic hydroxyl groups excluding tert-OH is 2. The number of carbonyl (C=O) groups is 4. The Kier molecular flexibility index (Phi) is 47.8. The molecule has 0 spiro atoms. The van der Waals surface area contributed by atoms with Crippen LogP contribution in [0.4, 0.5) is 0 Å². The third kappa shape index (κ3) is 41.5. The molecular formula is C63H110O12. The summed E-state index contributed by atoms with van der Waals surface area (Å²) < 4.78 is 28.4. The highest BCUT2D eigenvalue weighted by Crippen LogP contribution is 2.26. The molecular weight excluding hydrogens is 949 g/mol. The third-order valence-electron chi connectivity index (χ3n) is 13.9. The number of carboxylic acids is 1. The number of allylic oxidation sites excluding steroid dienone is 8. The summed E-state index contributed by atoms with van der Waals surface area (Å²) in [4.78, 5) is 51.1. The summed E-state index contributed by atoms with van der Waals surface area (Å²) in [6.45, 7) is 5.92. The van der Waals surface area contributed by atoms with Gasteiger partial charge in [-0.3, -0.25) is 14.4 Å². The maximum atomic E-state index is 13.2. The highest BCUT2D eigenvalue weighted by molar-refractivity contribution is 5.74. The highest BCUT2D eigenvalue weighted by Gasteiger charge is 2.50. The molecule has 3 N–H and O–H groups in total. The molecule has 1 aliphatic heterocycles. The van der Waals surface area contributed by atoms with Crippen molar-refractivity contribution in [3.8, 4) is 0 Å². The van der Waals surface area contributed by atoms with E-state index in [1.807, 2.05) is 0 Å². The molecule has 0 aromatic heterocycles. The van der Waals surface area contributed by atoms with Crippen LogP contribution in [-0.4, -0.2) is 89.2 Å². The van der Waals surface area contributed by atoms with E-state index in [2.05, 4.69) is 69.4 Å². The fourth-order valence-corrected chi connectivity index (χ4v) is 9.13. The van der Waals surface area contributed by atoms with Crippen LogP contribution in [-0.2, 0) is 42.9 Å². The molecule has 6 atom stereocenters. The molecule has 12 heteroatoms. The maximum Gasteiger partial charge on any atom is 0.335 e. The molecule has 1 heterocycles. The summed E-state index contributed by atoms with van der Waals surface area (Å²) in [6, 6.07) is 0. The normalized spacial score (nSPS) is 18.4. The first-order valence-corrected chi connectivity index (χ1v) is 30.6. The molecule has 75 heavy (non-hydrogen) atoms. The molecule has 0 amide bonds. The fraction of sp³-hybridized carbons (Fsp3) is 0.810. The molecule has 0 aliphatic carbocycles. The standard InChI is InChI=1S/C63H110O12/c1-4-7-10-13-16-19-21-23-25-27-28-30-31-33-35-38-40-43-46-49-55(64)71-52-54(73-56(65)50-47-44-42-39-36-34-32-29-26-24-22-20-17-14-11-8-5-2)53-72-63-61(59(68)58(67)60(75-63)62(69)70)74-57(66)51-48-45-41-37-18-15-12-9-6-3/h16-17,19-20,23-26,54,58-61,63,67-68H,4-15,18,21-22,27-53H2,1-3H3,(H,69,70)/b19-16-,20-17-,25-23-,26-24-. The summed E-state index contributed by atoms with van der Waals surface area (Å²) in [5, 5.41) is 31.4. The lowest BCUT2D eigenvalue weighted by Gasteiger charge is -2.40. The van der Waals surface area contributed by atoms with Crippen LogP contribution < -0.4 is 0 Å². The SMILES string of the molecule is CCCCC/C=C\C/C=C\CCCCCCCCCCCC(=O)OCC(COC1OC(C(=O)O)C(O)C(O)C1OC(=O)CCCCCCCCCCC)OC(=O)CCCCCCCCC/C=C\C/C=C\CCCCC. The Labute approximate surface area is 456 Å². The second-order valence-corrected chi connectivity index (χ2v) is 21.0. The molecule has 6 unspecified atom stereocenters. The van der Waals surface area contributed by atoms with E-state index in [-0.39, 0.29) is 25.9 Å². The van der Waals surface area contributed by atoms with Crippen LogP contribution >= 0.6 is 0 Å². The molecule has 1 aliphatic rings. The van der Waals surface area contributed by atoms with Crippen LogP contribution in [0.5, 0.6) is 0 Å². The van der Waals surface area contributed by atoms with Crippen LogP contribution in [0.2, 0.25) is 0 Å². The predicted octanol–water partition coefficient (Wildman–Crippen LogP) is 15.8. The molecule has 12 nitrogen and oxygen atoms in total. The molecule has 0 bridgehead atoms. The summed E-state index contributed by atoms with van der Waals surface area (Å²) in [7, 11) is 0. The van der Waals surface area contributed by atoms with Crippen LogP contribution in [0, 0.1) is 0 Å². The second-order valence-electron chi connectivity index (χ2n) is 21.0. The van der Waals surface area contributed by atoms with Gasteiger partial charge in [-0.05, 0) is 83.5 Å². The van der Waals surface area contributed by atoms with Crippen molar-refractivity contribution in [1.82, 2.24) is 0 Å². The monoisotopic (exact) mass is 1060 g/mol. The Bertz CT molecular complexity index is 1490. The van der Waals surface area contributed by atoms with Gasteiger partial charge >= 0.3 is 23.9 Å². The lowest BCUT2D eigenvalue weighted by molar-refractivity contribution is -0.301. The first-order valence-electron chi connectivity index (χ1n) is 30.6. The molecule has 0 saturated carbocycles. The summed E-state index contributed by atoms with van der Waals surface area (Å²) in [5.74, 6) is -3.12. The zero-order valence-corrected chi connectivity index (χ0v) is 47.8. The van der Waals surface area contributed by atoms with Crippen molar-refractivity contribution in [3.05, 3.63) is 48.6 Å². The van der Waals surface area contributed by atoms with Crippen molar-refractivity contribution in [3.63, 3.8) is 0 Å². The lowest BCUT2D eigenvalue weighted by Crippen LogP contribution is -2.61. The number of ether oxygens (including phenoxy) is 5. The number of unbranched alkanes of at least 4 members (excludes halogenated alkanes) is 30. The van der Waals surface area contributed by atoms with Crippen molar-refractivity contribution >= 4 is 23.9 Å². The van der Waals surface area contributed by atoms with E-state index in [1.165, 1.54) is 122 Å². The third-order valence-corrected chi connectivity index (χ3v) is 13.9. The van der Waals surface area contributed by atoms with E-state index in [0.29, 0.717) is 19.3 Å². The van der Waals surface area contributed by atoms with Crippen LogP contribution in [0.15, 0.2) is 48.6 Å². The highest BCUT2D eigenvalue weighted by atomic mass is 16.7. The summed E-state index contributed by atoms with van der Waals surface area (Å²) in [5.41, 5.74) is 0. The summed E-state index contributed by atoms with van der Waals surface area (Å²) in [6.07, 6.45) is 49.5. The van der Waals surface area contributed by atoms with Gasteiger partial charge in [0.25, 0.3) is 0 Å². The van der Waals surface area contributed by atoms with Crippen molar-refractivity contribution < 1.29 is 58.2 Å². The van der Waals surface area contributed by atoms with E-state index in [9.17, 15) is 34.5 Å². The van der Waals surface area contributed by atoms with Gasteiger partial charge in [-0.15, -0.1) is 0 Å². The number of carbonyl (C=O) groups excluding carboxylic acids is 3. The smallest absolute Gasteiger partial charge is 0.335 e. The van der Waals surface area contributed by atoms with Crippen molar-refractivity contribution in [2.45, 2.75) is 314 Å². The molecule has 0 aromatic carbocycles. The Morgan fingerprint density at radius 2 is 0.800 bits per heavy atom. The van der Waals surface area contributed by atoms with Crippen molar-refractivity contribution in [1.29, 1.82) is 0 Å². The fourth-order valence-electron chi connectivity index (χ4n) is 9.13. The topological polar surface area (TPSA) is 175 Å². The van der Waals surface area contributed by atoms with Gasteiger partial charge in [-0.25, -0.2) is 4.79 Å². The van der Waals surface area contributed by atoms with E-state index in [4.69, 9.17) is 23.7 Å². The van der Waals surface area contributed by atoms with Crippen LogP contribution in [0.1, 0.15) is 278 Å². The largest absolute Gasteiger partial charge is 0.479 e. The Hall–Kier alpha value is -3.32. The summed E-state index contributed by atoms with van der Waals surface area (Å²) >= 11 is 0. The van der Waals surface area contributed by atoms with Gasteiger partial charge in [-0.1, -0.05) is 223 Å². The predicted molar refractivity (Wildman–Crippen MR) is 303 cm³/mol. The first-order chi connectivity index (χ1) is 36.6. The van der Waals surface area contributed by atoms with Gasteiger partial charge in [0.05, 0.1) is 6.61 Å². The Balaban J connectivity index is 2.64. The average Bonchev–Trinajstić information content (AvgIpc) is 3.39. The maximum absolute atomic E-state index is 13.2. The van der Waals surface area contributed by atoms with Gasteiger partial charge in [0.15, 0.2) is 24.6 Å². The van der Waals surface area contributed by atoms with E-state index < -0.39 is 67.3 Å². The number of hydrogen-bond donors (Lipinski definition) is 3. The van der Waals surface area contributed by atoms with Crippen molar-refractivity contribution in [2.24, 2.45) is 0 Å². The van der Waals surface area contributed by atoms with Crippen LogP contribution in [0.3, 0.4) is 0 Å². The molecule has 434 valence electrons. The zero-order valence-electron chi connectivity index (χ0n) is 47.8. The molecule has 1 rings (SSSR count). The molecule has 1 saturated heterocycles. The van der Waals surface area contributed by atoms with Crippen LogP contribution in [0.25, 0.3) is 0 Å².